The minimum absolute atomic E-state index is 0.122. The summed E-state index contributed by atoms with van der Waals surface area (Å²) >= 11 is 1.48. The van der Waals surface area contributed by atoms with Crippen molar-refractivity contribution in [1.82, 2.24) is 15.5 Å². The van der Waals surface area contributed by atoms with Crippen LogP contribution in [0.25, 0.3) is 0 Å². The fourth-order valence-corrected chi connectivity index (χ4v) is 7.40. The normalized spacial score (nSPS) is 21.8. The molecule has 1 aliphatic carbocycles. The van der Waals surface area contributed by atoms with Crippen LogP contribution < -0.4 is 10.6 Å². The molecule has 5 rings (SSSR count). The van der Waals surface area contributed by atoms with Gasteiger partial charge in [0.2, 0.25) is 11.8 Å². The smallest absolute Gasteiger partial charge is 0.252 e. The third-order valence-corrected chi connectivity index (χ3v) is 10.2. The maximum atomic E-state index is 13.8. The van der Waals surface area contributed by atoms with E-state index in [2.05, 4.69) is 10.6 Å². The number of nitrogens with zero attached hydrogens (tertiary/aromatic N) is 1. The second kappa shape index (κ2) is 13.5. The molecule has 4 N–H and O–H groups in total. The monoisotopic (exact) mass is 615 g/mol. The first-order chi connectivity index (χ1) is 21.0. The standard InChI is InChI=1S/C35H41N3O5S/c1-22-11-7-8-15-25(22)20-36-33(42)31-35(2,3)44-21-38(31)34(43)29(40)19-26(17-23-12-5-4-6-13-23)32(41)37-30-27-16-10-9-14-24(27)18-28(30)39/h4-16,26,28-31,39-40H,17-21H2,1-3H3,(H,36,42)(H,37,41)/t26-,28-,29+,30+,31-/m1/s1. The van der Waals surface area contributed by atoms with E-state index in [1.807, 2.05) is 99.6 Å². The van der Waals surface area contributed by atoms with Crippen LogP contribution in [0.2, 0.25) is 0 Å². The molecule has 0 aromatic heterocycles. The van der Waals surface area contributed by atoms with Gasteiger partial charge in [-0.15, -0.1) is 11.8 Å². The number of hydrogen-bond acceptors (Lipinski definition) is 6. The molecule has 1 fully saturated rings. The van der Waals surface area contributed by atoms with Gasteiger partial charge in [-0.1, -0.05) is 78.9 Å². The van der Waals surface area contributed by atoms with Crippen molar-refractivity contribution in [3.05, 3.63) is 107 Å². The molecule has 0 spiro atoms. The number of aliphatic hydroxyl groups is 2. The minimum Gasteiger partial charge on any atom is -0.390 e. The highest BCUT2D eigenvalue weighted by Crippen LogP contribution is 2.40. The average molecular weight is 616 g/mol. The summed E-state index contributed by atoms with van der Waals surface area (Å²) in [6.07, 6.45) is -1.62. The number of aryl methyl sites for hydroxylation is 1. The van der Waals surface area contributed by atoms with Crippen molar-refractivity contribution in [1.29, 1.82) is 0 Å². The van der Waals surface area contributed by atoms with Crippen molar-refractivity contribution in [2.24, 2.45) is 5.92 Å². The Labute approximate surface area is 263 Å². The summed E-state index contributed by atoms with van der Waals surface area (Å²) in [7, 11) is 0. The summed E-state index contributed by atoms with van der Waals surface area (Å²) in [6.45, 7) is 6.16. The molecule has 0 unspecified atom stereocenters. The quantitative estimate of drug-likeness (QED) is 0.277. The van der Waals surface area contributed by atoms with Gasteiger partial charge in [0.1, 0.15) is 12.1 Å². The molecular weight excluding hydrogens is 574 g/mol. The van der Waals surface area contributed by atoms with E-state index in [4.69, 9.17) is 0 Å². The topological polar surface area (TPSA) is 119 Å². The summed E-state index contributed by atoms with van der Waals surface area (Å²) in [4.78, 5) is 42.4. The summed E-state index contributed by atoms with van der Waals surface area (Å²) < 4.78 is -0.571. The number of carbonyl (C=O) groups excluding carboxylic acids is 3. The first-order valence-corrected chi connectivity index (χ1v) is 16.1. The van der Waals surface area contributed by atoms with Crippen molar-refractivity contribution < 1.29 is 24.6 Å². The van der Waals surface area contributed by atoms with Crippen molar-refractivity contribution in [3.8, 4) is 0 Å². The molecular formula is C35H41N3O5S. The largest absolute Gasteiger partial charge is 0.390 e. The SMILES string of the molecule is Cc1ccccc1CNC(=O)[C@H]1N(C(=O)[C@@H](O)C[C@@H](Cc2ccccc2)C(=O)N[C@H]2c3ccccc3C[C@H]2O)CSC1(C)C. The molecule has 5 atom stereocenters. The molecule has 2 aliphatic rings. The number of thioether (sulfide) groups is 1. The molecule has 9 heteroatoms. The van der Waals surface area contributed by atoms with Crippen LogP contribution in [-0.2, 0) is 33.8 Å². The second-order valence-corrected chi connectivity index (χ2v) is 13.9. The van der Waals surface area contributed by atoms with Gasteiger partial charge >= 0.3 is 0 Å². The minimum atomic E-state index is -1.49. The molecule has 0 radical (unpaired) electrons. The lowest BCUT2D eigenvalue weighted by Crippen LogP contribution is -2.55. The Balaban J connectivity index is 1.30. The van der Waals surface area contributed by atoms with Crippen LogP contribution in [-0.4, -0.2) is 61.7 Å². The lowest BCUT2D eigenvalue weighted by atomic mass is 9.91. The highest BCUT2D eigenvalue weighted by atomic mass is 32.2. The third-order valence-electron chi connectivity index (χ3n) is 8.78. The van der Waals surface area contributed by atoms with Crippen LogP contribution in [0.15, 0.2) is 78.9 Å². The maximum Gasteiger partial charge on any atom is 0.252 e. The fraction of sp³-hybridized carbons (Fsp3) is 0.400. The van der Waals surface area contributed by atoms with E-state index in [-0.39, 0.29) is 24.1 Å². The van der Waals surface area contributed by atoms with E-state index in [0.717, 1.165) is 27.8 Å². The van der Waals surface area contributed by atoms with E-state index >= 15 is 0 Å². The molecule has 0 bridgehead atoms. The number of benzene rings is 3. The molecule has 1 saturated heterocycles. The predicted octanol–water partition coefficient (Wildman–Crippen LogP) is 3.68. The Morgan fingerprint density at radius 1 is 1.00 bits per heavy atom. The third kappa shape index (κ3) is 7.01. The Morgan fingerprint density at radius 3 is 2.43 bits per heavy atom. The van der Waals surface area contributed by atoms with E-state index in [1.54, 1.807) is 0 Å². The van der Waals surface area contributed by atoms with E-state index in [1.165, 1.54) is 16.7 Å². The zero-order valence-electron chi connectivity index (χ0n) is 25.4. The van der Waals surface area contributed by atoms with Crippen LogP contribution in [0.1, 0.15) is 54.1 Å². The Hall–Kier alpha value is -3.66. The molecule has 8 nitrogen and oxygen atoms in total. The van der Waals surface area contributed by atoms with Gasteiger partial charge in [-0.2, -0.15) is 0 Å². The zero-order chi connectivity index (χ0) is 31.4. The summed E-state index contributed by atoms with van der Waals surface area (Å²) in [5.41, 5.74) is 4.81. The number of nitrogens with one attached hydrogen (secondary N) is 2. The number of carbonyl (C=O) groups is 3. The van der Waals surface area contributed by atoms with Crippen LogP contribution in [0.5, 0.6) is 0 Å². The molecule has 1 heterocycles. The molecule has 44 heavy (non-hydrogen) atoms. The van der Waals surface area contributed by atoms with E-state index < -0.39 is 40.9 Å². The van der Waals surface area contributed by atoms with Gasteiger partial charge in [-0.3, -0.25) is 14.4 Å². The van der Waals surface area contributed by atoms with E-state index in [9.17, 15) is 24.6 Å². The van der Waals surface area contributed by atoms with Crippen molar-refractivity contribution >= 4 is 29.5 Å². The Bertz CT molecular complexity index is 1500. The second-order valence-electron chi connectivity index (χ2n) is 12.3. The molecule has 3 aromatic rings. The number of aliphatic hydroxyl groups excluding tert-OH is 2. The highest BCUT2D eigenvalue weighted by molar-refractivity contribution is 8.00. The maximum absolute atomic E-state index is 13.8. The highest BCUT2D eigenvalue weighted by Gasteiger charge is 2.49. The van der Waals surface area contributed by atoms with Crippen LogP contribution >= 0.6 is 11.8 Å². The summed E-state index contributed by atoms with van der Waals surface area (Å²) in [6, 6.07) is 23.5. The first kappa shape index (κ1) is 31.8. The fourth-order valence-electron chi connectivity index (χ4n) is 6.26. The Morgan fingerprint density at radius 2 is 1.68 bits per heavy atom. The lowest BCUT2D eigenvalue weighted by molar-refractivity contribution is -0.147. The van der Waals surface area contributed by atoms with Crippen LogP contribution in [0.3, 0.4) is 0 Å². The number of fused-ring (bicyclic) bond motifs is 1. The molecule has 3 amide bonds. The number of hydrogen-bond donors (Lipinski definition) is 4. The summed E-state index contributed by atoms with van der Waals surface area (Å²) in [5, 5.41) is 28.0. The van der Waals surface area contributed by atoms with Gasteiger partial charge in [-0.05, 0) is 61.4 Å². The predicted molar refractivity (Wildman–Crippen MR) is 171 cm³/mol. The summed E-state index contributed by atoms with van der Waals surface area (Å²) in [5.74, 6) is -1.68. The van der Waals surface area contributed by atoms with E-state index in [0.29, 0.717) is 19.4 Å². The van der Waals surface area contributed by atoms with Crippen molar-refractivity contribution in [2.45, 2.75) is 75.6 Å². The van der Waals surface area contributed by atoms with Gasteiger partial charge in [0, 0.05) is 23.6 Å². The van der Waals surface area contributed by atoms with Gasteiger partial charge in [0.25, 0.3) is 5.91 Å². The van der Waals surface area contributed by atoms with Crippen LogP contribution in [0, 0.1) is 12.8 Å². The Kier molecular flexibility index (Phi) is 9.78. The van der Waals surface area contributed by atoms with Gasteiger partial charge < -0.3 is 25.7 Å². The zero-order valence-corrected chi connectivity index (χ0v) is 26.2. The first-order valence-electron chi connectivity index (χ1n) is 15.1. The molecule has 232 valence electrons. The van der Waals surface area contributed by atoms with Gasteiger partial charge in [-0.25, -0.2) is 0 Å². The van der Waals surface area contributed by atoms with Gasteiger partial charge in [0.05, 0.1) is 18.0 Å². The van der Waals surface area contributed by atoms with Crippen LogP contribution in [0.4, 0.5) is 0 Å². The molecule has 1 aliphatic heterocycles. The average Bonchev–Trinajstić information content (AvgIpc) is 3.50. The molecule has 3 aromatic carbocycles. The number of amides is 3. The number of rotatable bonds is 10. The lowest BCUT2D eigenvalue weighted by Gasteiger charge is -2.32. The molecule has 0 saturated carbocycles. The van der Waals surface area contributed by atoms with Crippen molar-refractivity contribution in [2.75, 3.05) is 5.88 Å². The van der Waals surface area contributed by atoms with Gasteiger partial charge in [0.15, 0.2) is 0 Å². The van der Waals surface area contributed by atoms with Crippen molar-refractivity contribution in [3.63, 3.8) is 0 Å².